The molecule has 4 rings (SSSR count). The van der Waals surface area contributed by atoms with Gasteiger partial charge in [0, 0.05) is 17.8 Å². The fourth-order valence-corrected chi connectivity index (χ4v) is 2.85. The Morgan fingerprint density at radius 2 is 1.92 bits per heavy atom. The summed E-state index contributed by atoms with van der Waals surface area (Å²) in [6.07, 6.45) is 5.66. The molecular formula is C18H18N6. The molecule has 0 saturated heterocycles. The summed E-state index contributed by atoms with van der Waals surface area (Å²) in [5, 5.41) is 8.54. The molecule has 4 aromatic rings. The zero-order valence-electron chi connectivity index (χ0n) is 13.4. The largest absolute Gasteiger partial charge is 0.324 e. The van der Waals surface area contributed by atoms with Gasteiger partial charge in [-0.15, -0.1) is 5.10 Å². The predicted octanol–water partition coefficient (Wildman–Crippen LogP) is 2.87. The average Bonchev–Trinajstić information content (AvgIpc) is 3.23. The maximum absolute atomic E-state index is 4.41. The quantitative estimate of drug-likeness (QED) is 0.568. The molecule has 0 aliphatic carbocycles. The monoisotopic (exact) mass is 318 g/mol. The van der Waals surface area contributed by atoms with Gasteiger partial charge < -0.3 is 4.57 Å². The van der Waals surface area contributed by atoms with Gasteiger partial charge in [-0.2, -0.15) is 0 Å². The van der Waals surface area contributed by atoms with E-state index in [9.17, 15) is 0 Å². The number of aromatic nitrogens is 6. The van der Waals surface area contributed by atoms with E-state index in [2.05, 4.69) is 37.8 Å². The van der Waals surface area contributed by atoms with Crippen LogP contribution in [0.15, 0.2) is 61.2 Å². The first kappa shape index (κ1) is 14.6. The van der Waals surface area contributed by atoms with Gasteiger partial charge in [0.2, 0.25) is 0 Å². The Morgan fingerprint density at radius 1 is 1.04 bits per heavy atom. The predicted molar refractivity (Wildman–Crippen MR) is 91.5 cm³/mol. The van der Waals surface area contributed by atoms with Gasteiger partial charge >= 0.3 is 0 Å². The molecule has 0 aliphatic rings. The Balaban J connectivity index is 1.49. The van der Waals surface area contributed by atoms with E-state index in [1.165, 1.54) is 0 Å². The lowest BCUT2D eigenvalue weighted by Gasteiger charge is -2.09. The van der Waals surface area contributed by atoms with E-state index >= 15 is 0 Å². The van der Waals surface area contributed by atoms with Crippen molar-refractivity contribution >= 4 is 11.0 Å². The van der Waals surface area contributed by atoms with E-state index in [-0.39, 0.29) is 5.92 Å². The van der Waals surface area contributed by atoms with Crippen molar-refractivity contribution in [3.63, 3.8) is 0 Å². The Morgan fingerprint density at radius 3 is 2.79 bits per heavy atom. The normalized spacial score (nSPS) is 12.5. The molecular weight excluding hydrogens is 300 g/mol. The Hall–Kier alpha value is -3.02. The van der Waals surface area contributed by atoms with E-state index < -0.39 is 0 Å². The molecule has 1 atom stereocenters. The molecule has 0 saturated carbocycles. The van der Waals surface area contributed by atoms with Crippen molar-refractivity contribution < 1.29 is 0 Å². The van der Waals surface area contributed by atoms with Crippen molar-refractivity contribution in [2.24, 2.45) is 0 Å². The minimum absolute atomic E-state index is 0.287. The fourth-order valence-electron chi connectivity index (χ4n) is 2.85. The summed E-state index contributed by atoms with van der Waals surface area (Å²) >= 11 is 0. The van der Waals surface area contributed by atoms with E-state index in [0.717, 1.165) is 29.0 Å². The minimum atomic E-state index is 0.287. The van der Waals surface area contributed by atoms with Crippen molar-refractivity contribution in [2.75, 3.05) is 0 Å². The molecule has 1 aromatic carbocycles. The lowest BCUT2D eigenvalue weighted by atomic mass is 10.1. The van der Waals surface area contributed by atoms with Crippen LogP contribution >= 0.6 is 0 Å². The van der Waals surface area contributed by atoms with Crippen LogP contribution in [0.4, 0.5) is 0 Å². The van der Waals surface area contributed by atoms with Crippen molar-refractivity contribution in [3.05, 3.63) is 72.6 Å². The summed E-state index contributed by atoms with van der Waals surface area (Å²) < 4.78 is 3.97. The number of hydrogen-bond acceptors (Lipinski definition) is 4. The number of benzene rings is 1. The summed E-state index contributed by atoms with van der Waals surface area (Å²) in [5.74, 6) is 0.287. The molecule has 0 bridgehead atoms. The summed E-state index contributed by atoms with van der Waals surface area (Å²) in [6.45, 7) is 3.57. The summed E-state index contributed by atoms with van der Waals surface area (Å²) in [6, 6.07) is 14.1. The molecule has 6 nitrogen and oxygen atoms in total. The van der Waals surface area contributed by atoms with Gasteiger partial charge in [-0.25, -0.2) is 4.98 Å². The molecule has 120 valence electrons. The minimum Gasteiger partial charge on any atom is -0.324 e. The van der Waals surface area contributed by atoms with Gasteiger partial charge in [0.05, 0.1) is 36.6 Å². The maximum Gasteiger partial charge on any atom is 0.102 e. The highest BCUT2D eigenvalue weighted by atomic mass is 15.4. The number of fused-ring (bicyclic) bond motifs is 1. The highest BCUT2D eigenvalue weighted by Crippen LogP contribution is 2.15. The van der Waals surface area contributed by atoms with Crippen LogP contribution in [0.5, 0.6) is 0 Å². The maximum atomic E-state index is 4.41. The lowest BCUT2D eigenvalue weighted by molar-refractivity contribution is 0.519. The Labute approximate surface area is 139 Å². The number of hydrogen-bond donors (Lipinski definition) is 0. The van der Waals surface area contributed by atoms with Gasteiger partial charge in [0.1, 0.15) is 5.69 Å². The second-order valence-corrected chi connectivity index (χ2v) is 5.95. The van der Waals surface area contributed by atoms with E-state index in [4.69, 9.17) is 0 Å². The number of para-hydroxylation sites is 2. The lowest BCUT2D eigenvalue weighted by Crippen LogP contribution is -2.08. The van der Waals surface area contributed by atoms with E-state index in [0.29, 0.717) is 6.54 Å². The van der Waals surface area contributed by atoms with Crippen LogP contribution in [0.1, 0.15) is 24.2 Å². The molecule has 0 aliphatic heterocycles. The molecule has 3 aromatic heterocycles. The van der Waals surface area contributed by atoms with Crippen LogP contribution in [-0.2, 0) is 13.1 Å². The number of imidazole rings is 1. The Bertz CT molecular complexity index is 940. The number of rotatable bonds is 5. The summed E-state index contributed by atoms with van der Waals surface area (Å²) in [5.41, 5.74) is 4.09. The van der Waals surface area contributed by atoms with Crippen LogP contribution in [0.3, 0.4) is 0 Å². The third-order valence-corrected chi connectivity index (χ3v) is 4.10. The third-order valence-electron chi connectivity index (χ3n) is 4.10. The van der Waals surface area contributed by atoms with Crippen molar-refractivity contribution in [3.8, 4) is 0 Å². The van der Waals surface area contributed by atoms with Crippen LogP contribution in [0, 0.1) is 0 Å². The number of pyridine rings is 1. The van der Waals surface area contributed by atoms with Crippen molar-refractivity contribution in [2.45, 2.75) is 25.9 Å². The summed E-state index contributed by atoms with van der Waals surface area (Å²) in [4.78, 5) is 8.81. The molecule has 24 heavy (non-hydrogen) atoms. The van der Waals surface area contributed by atoms with Gasteiger partial charge in [0.25, 0.3) is 0 Å². The first-order valence-electron chi connectivity index (χ1n) is 7.99. The molecule has 0 spiro atoms. The SMILES string of the molecule is CC(Cn1cc(Cn2cnc3ccccc32)nn1)c1ccccn1. The van der Waals surface area contributed by atoms with Gasteiger partial charge in [0.15, 0.2) is 0 Å². The standard InChI is InChI=1S/C18H18N6/c1-14(16-6-4-5-9-19-16)10-24-12-15(21-22-24)11-23-13-20-17-7-2-3-8-18(17)23/h2-9,12-14H,10-11H2,1H3. The van der Waals surface area contributed by atoms with Gasteiger partial charge in [-0.1, -0.05) is 30.3 Å². The second kappa shape index (κ2) is 6.23. The summed E-state index contributed by atoms with van der Waals surface area (Å²) in [7, 11) is 0. The highest BCUT2D eigenvalue weighted by molar-refractivity contribution is 5.74. The zero-order chi connectivity index (χ0) is 16.4. The molecule has 1 unspecified atom stereocenters. The molecule has 3 heterocycles. The van der Waals surface area contributed by atoms with E-state index in [1.54, 1.807) is 0 Å². The highest BCUT2D eigenvalue weighted by Gasteiger charge is 2.10. The van der Waals surface area contributed by atoms with Crippen LogP contribution in [0.25, 0.3) is 11.0 Å². The third kappa shape index (κ3) is 2.90. The van der Waals surface area contributed by atoms with E-state index in [1.807, 2.05) is 59.8 Å². The zero-order valence-corrected chi connectivity index (χ0v) is 13.4. The number of nitrogens with zero attached hydrogens (tertiary/aromatic N) is 6. The first-order valence-corrected chi connectivity index (χ1v) is 7.99. The molecule has 6 heteroatoms. The van der Waals surface area contributed by atoms with Gasteiger partial charge in [-0.3, -0.25) is 9.67 Å². The van der Waals surface area contributed by atoms with Crippen molar-refractivity contribution in [1.29, 1.82) is 0 Å². The molecule has 0 N–H and O–H groups in total. The van der Waals surface area contributed by atoms with Crippen LogP contribution < -0.4 is 0 Å². The Kier molecular flexibility index (Phi) is 3.78. The van der Waals surface area contributed by atoms with Crippen LogP contribution in [-0.4, -0.2) is 29.5 Å². The fraction of sp³-hybridized carbons (Fsp3) is 0.222. The smallest absolute Gasteiger partial charge is 0.102 e. The molecule has 0 radical (unpaired) electrons. The molecule has 0 amide bonds. The van der Waals surface area contributed by atoms with Crippen LogP contribution in [0.2, 0.25) is 0 Å². The van der Waals surface area contributed by atoms with Crippen molar-refractivity contribution in [1.82, 2.24) is 29.5 Å². The van der Waals surface area contributed by atoms with Gasteiger partial charge in [-0.05, 0) is 24.3 Å². The first-order chi connectivity index (χ1) is 11.8. The molecule has 0 fully saturated rings. The topological polar surface area (TPSA) is 61.4 Å². The second-order valence-electron chi connectivity index (χ2n) is 5.95. The average molecular weight is 318 g/mol.